The Morgan fingerprint density at radius 1 is 1.22 bits per heavy atom. The van der Waals surface area contributed by atoms with Crippen molar-refractivity contribution < 1.29 is 23.1 Å². The maximum Gasteiger partial charge on any atom is 0.410 e. The lowest BCUT2D eigenvalue weighted by molar-refractivity contribution is 0.00269. The Balaban J connectivity index is 2.08. The molecule has 27 heavy (non-hydrogen) atoms. The van der Waals surface area contributed by atoms with Gasteiger partial charge in [-0.15, -0.1) is 0 Å². The van der Waals surface area contributed by atoms with Crippen LogP contribution in [0.5, 0.6) is 0 Å². The van der Waals surface area contributed by atoms with Crippen molar-refractivity contribution in [3.8, 4) is 0 Å². The number of amides is 2. The van der Waals surface area contributed by atoms with Crippen LogP contribution in [0.25, 0.3) is 0 Å². The quantitative estimate of drug-likeness (QED) is 0.840. The van der Waals surface area contributed by atoms with Gasteiger partial charge in [0.1, 0.15) is 17.2 Å². The van der Waals surface area contributed by atoms with Crippen molar-refractivity contribution in [2.75, 3.05) is 13.1 Å². The fourth-order valence-electron chi connectivity index (χ4n) is 3.17. The van der Waals surface area contributed by atoms with Gasteiger partial charge >= 0.3 is 6.09 Å². The zero-order valence-corrected chi connectivity index (χ0v) is 16.8. The van der Waals surface area contributed by atoms with Crippen LogP contribution in [0.3, 0.4) is 0 Å². The van der Waals surface area contributed by atoms with Crippen LogP contribution in [-0.2, 0) is 4.74 Å². The number of hydrogen-bond donors (Lipinski definition) is 1. The van der Waals surface area contributed by atoms with Gasteiger partial charge in [-0.05, 0) is 45.7 Å². The number of piperidine rings is 1. The van der Waals surface area contributed by atoms with Gasteiger partial charge in [0.05, 0.1) is 5.56 Å². The van der Waals surface area contributed by atoms with Crippen LogP contribution in [0.1, 0.15) is 57.0 Å². The van der Waals surface area contributed by atoms with Gasteiger partial charge in [-0.2, -0.15) is 0 Å². The van der Waals surface area contributed by atoms with E-state index in [2.05, 4.69) is 5.32 Å². The molecule has 1 aliphatic heterocycles. The largest absolute Gasteiger partial charge is 0.444 e. The molecule has 1 aromatic rings. The normalized spacial score (nSPS) is 19.6. The highest BCUT2D eigenvalue weighted by Gasteiger charge is 2.40. The van der Waals surface area contributed by atoms with E-state index >= 15 is 0 Å². The van der Waals surface area contributed by atoms with E-state index in [1.165, 1.54) is 13.0 Å². The molecule has 2 rings (SSSR count). The van der Waals surface area contributed by atoms with Crippen LogP contribution >= 0.6 is 0 Å². The first-order valence-electron chi connectivity index (χ1n) is 9.04. The smallest absolute Gasteiger partial charge is 0.410 e. The van der Waals surface area contributed by atoms with E-state index in [-0.39, 0.29) is 23.3 Å². The lowest BCUT2D eigenvalue weighted by Crippen LogP contribution is -2.57. The second-order valence-electron chi connectivity index (χ2n) is 8.79. The molecule has 0 aliphatic carbocycles. The van der Waals surface area contributed by atoms with Crippen molar-refractivity contribution in [1.29, 1.82) is 0 Å². The molecular formula is C20H28F2N2O3. The summed E-state index contributed by atoms with van der Waals surface area (Å²) in [7, 11) is 0. The highest BCUT2D eigenvalue weighted by Crippen LogP contribution is 2.30. The molecule has 1 aromatic carbocycles. The number of benzene rings is 1. The molecule has 0 unspecified atom stereocenters. The molecule has 1 fully saturated rings. The molecule has 2 amide bonds. The Labute approximate surface area is 159 Å². The molecule has 1 heterocycles. The van der Waals surface area contributed by atoms with Gasteiger partial charge in [0.15, 0.2) is 0 Å². The molecule has 1 N–H and O–H groups in total. The van der Waals surface area contributed by atoms with Crippen LogP contribution in [-0.4, -0.2) is 41.6 Å². The van der Waals surface area contributed by atoms with E-state index in [0.29, 0.717) is 19.5 Å². The van der Waals surface area contributed by atoms with Crippen molar-refractivity contribution >= 4 is 12.0 Å². The average molecular weight is 382 g/mol. The molecule has 7 heteroatoms. The minimum absolute atomic E-state index is 0.181. The van der Waals surface area contributed by atoms with Gasteiger partial charge in [-0.3, -0.25) is 4.79 Å². The Kier molecular flexibility index (Phi) is 5.82. The van der Waals surface area contributed by atoms with Gasteiger partial charge in [-0.25, -0.2) is 13.6 Å². The van der Waals surface area contributed by atoms with Gasteiger partial charge < -0.3 is 15.0 Å². The van der Waals surface area contributed by atoms with E-state index in [9.17, 15) is 18.4 Å². The number of carbonyl (C=O) groups is 2. The number of hydrogen-bond acceptors (Lipinski definition) is 3. The number of carbonyl (C=O) groups excluding carboxylic acids is 2. The van der Waals surface area contributed by atoms with Gasteiger partial charge in [0.25, 0.3) is 5.91 Å². The van der Waals surface area contributed by atoms with Crippen molar-refractivity contribution in [1.82, 2.24) is 10.2 Å². The Hall–Kier alpha value is -2.18. The Morgan fingerprint density at radius 3 is 2.41 bits per heavy atom. The first kappa shape index (κ1) is 21.1. The fraction of sp³-hybridized carbons (Fsp3) is 0.600. The first-order valence-corrected chi connectivity index (χ1v) is 9.04. The third-order valence-electron chi connectivity index (χ3n) is 4.68. The molecule has 1 atom stereocenters. The maximum atomic E-state index is 14.0. The second-order valence-corrected chi connectivity index (χ2v) is 8.79. The lowest BCUT2D eigenvalue weighted by Gasteiger charge is -2.44. The SMILES string of the molecule is Cc1cc(C(=O)N[C@@H]2CCN(C(=O)OC(C)(C)C)CC2(C)C)c(F)cc1F. The van der Waals surface area contributed by atoms with E-state index in [1.807, 2.05) is 34.6 Å². The highest BCUT2D eigenvalue weighted by atomic mass is 19.1. The summed E-state index contributed by atoms with van der Waals surface area (Å²) in [6.45, 7) is 11.6. The molecular weight excluding hydrogens is 354 g/mol. The van der Waals surface area contributed by atoms with Gasteiger partial charge in [-0.1, -0.05) is 13.8 Å². The first-order chi connectivity index (χ1) is 12.3. The van der Waals surface area contributed by atoms with Crippen molar-refractivity contribution in [2.24, 2.45) is 5.41 Å². The maximum absolute atomic E-state index is 14.0. The summed E-state index contributed by atoms with van der Waals surface area (Å²) in [6.07, 6.45) is 0.125. The highest BCUT2D eigenvalue weighted by molar-refractivity contribution is 5.95. The van der Waals surface area contributed by atoms with E-state index < -0.39 is 28.6 Å². The van der Waals surface area contributed by atoms with Crippen LogP contribution < -0.4 is 5.32 Å². The predicted octanol–water partition coefficient (Wildman–Crippen LogP) is 4.04. The number of rotatable bonds is 2. The number of nitrogens with zero attached hydrogens (tertiary/aromatic N) is 1. The number of aryl methyl sites for hydroxylation is 1. The summed E-state index contributed by atoms with van der Waals surface area (Å²) in [4.78, 5) is 26.4. The monoisotopic (exact) mass is 382 g/mol. The van der Waals surface area contributed by atoms with Gasteiger partial charge in [0.2, 0.25) is 0 Å². The van der Waals surface area contributed by atoms with Crippen molar-refractivity contribution in [2.45, 2.75) is 59.6 Å². The lowest BCUT2D eigenvalue weighted by atomic mass is 9.79. The summed E-state index contributed by atoms with van der Waals surface area (Å²) in [6, 6.07) is 1.68. The molecule has 1 aliphatic rings. The number of ether oxygens (including phenoxy) is 1. The number of halogens is 2. The summed E-state index contributed by atoms with van der Waals surface area (Å²) in [5.41, 5.74) is -0.986. The summed E-state index contributed by atoms with van der Waals surface area (Å²) in [5, 5.41) is 2.84. The van der Waals surface area contributed by atoms with Gasteiger partial charge in [0, 0.05) is 30.6 Å². The molecule has 0 spiro atoms. The zero-order chi connectivity index (χ0) is 20.6. The van der Waals surface area contributed by atoms with Crippen LogP contribution in [0.4, 0.5) is 13.6 Å². The zero-order valence-electron chi connectivity index (χ0n) is 16.8. The summed E-state index contributed by atoms with van der Waals surface area (Å²) < 4.78 is 32.8. The Bertz CT molecular complexity index is 741. The second kappa shape index (κ2) is 7.44. The molecule has 0 bridgehead atoms. The van der Waals surface area contributed by atoms with Crippen LogP contribution in [0, 0.1) is 24.0 Å². The van der Waals surface area contributed by atoms with E-state index in [0.717, 1.165) is 6.07 Å². The standard InChI is InChI=1S/C20H28F2N2O3/c1-12-9-13(15(22)10-14(12)21)17(25)23-16-7-8-24(11-20(16,5)6)18(26)27-19(2,3)4/h9-10,16H,7-8,11H2,1-6H3,(H,23,25)/t16-/m1/s1. The van der Waals surface area contributed by atoms with Crippen LogP contribution in [0.15, 0.2) is 12.1 Å². The number of nitrogens with one attached hydrogen (secondary N) is 1. The third kappa shape index (κ3) is 5.17. The molecule has 0 saturated carbocycles. The van der Waals surface area contributed by atoms with Crippen molar-refractivity contribution in [3.05, 3.63) is 34.9 Å². The molecule has 5 nitrogen and oxygen atoms in total. The average Bonchev–Trinajstić information content (AvgIpc) is 2.50. The number of likely N-dealkylation sites (tertiary alicyclic amines) is 1. The molecule has 0 aromatic heterocycles. The van der Waals surface area contributed by atoms with Crippen LogP contribution in [0.2, 0.25) is 0 Å². The molecule has 1 saturated heterocycles. The Morgan fingerprint density at radius 2 is 1.85 bits per heavy atom. The predicted molar refractivity (Wildman–Crippen MR) is 98.6 cm³/mol. The third-order valence-corrected chi connectivity index (χ3v) is 4.68. The fourth-order valence-corrected chi connectivity index (χ4v) is 3.17. The summed E-state index contributed by atoms with van der Waals surface area (Å²) in [5.74, 6) is -2.16. The van der Waals surface area contributed by atoms with E-state index in [1.54, 1.807) is 4.90 Å². The molecule has 150 valence electrons. The summed E-state index contributed by atoms with van der Waals surface area (Å²) >= 11 is 0. The van der Waals surface area contributed by atoms with E-state index in [4.69, 9.17) is 4.74 Å². The van der Waals surface area contributed by atoms with Crippen molar-refractivity contribution in [3.63, 3.8) is 0 Å². The molecule has 0 radical (unpaired) electrons. The minimum atomic E-state index is -0.889. The minimum Gasteiger partial charge on any atom is -0.444 e. The topological polar surface area (TPSA) is 58.6 Å².